The number of aromatic nitrogens is 1. The highest BCUT2D eigenvalue weighted by atomic mass is 32.1. The van der Waals surface area contributed by atoms with Crippen molar-refractivity contribution in [1.29, 1.82) is 5.26 Å². The molecule has 1 amide bonds. The smallest absolute Gasteiger partial charge is 0.290 e. The molecule has 1 heterocycles. The third-order valence-corrected chi connectivity index (χ3v) is 1.84. The third kappa shape index (κ3) is 2.53. The summed E-state index contributed by atoms with van der Waals surface area (Å²) in [5.41, 5.74) is -0.345. The number of amides is 1. The molecular weight excluding hydrogens is 204 g/mol. The van der Waals surface area contributed by atoms with Gasteiger partial charge in [0.2, 0.25) is 5.71 Å². The summed E-state index contributed by atoms with van der Waals surface area (Å²) in [6, 6.07) is 1.60. The van der Waals surface area contributed by atoms with E-state index in [0.29, 0.717) is 5.13 Å². The summed E-state index contributed by atoms with van der Waals surface area (Å²) < 4.78 is 0. The summed E-state index contributed by atoms with van der Waals surface area (Å²) in [5, 5.41) is 16.3. The molecule has 0 radical (unpaired) electrons. The lowest BCUT2D eigenvalue weighted by atomic mass is 10.4. The maximum absolute atomic E-state index is 11.3. The van der Waals surface area contributed by atoms with Crippen LogP contribution in [0.1, 0.15) is 0 Å². The monoisotopic (exact) mass is 210 g/mol. The van der Waals surface area contributed by atoms with Crippen LogP contribution in [0.5, 0.6) is 0 Å². The zero-order valence-electron chi connectivity index (χ0n) is 7.22. The van der Waals surface area contributed by atoms with Crippen LogP contribution in [0.2, 0.25) is 0 Å². The van der Waals surface area contributed by atoms with Crippen molar-refractivity contribution in [3.05, 3.63) is 11.6 Å². The average Bonchev–Trinajstić information content (AvgIpc) is 2.66. The maximum atomic E-state index is 11.3. The molecule has 0 atom stereocenters. The van der Waals surface area contributed by atoms with Gasteiger partial charge in [-0.1, -0.05) is 5.16 Å². The standard InChI is InChI=1S/C7H6N4O2S/c1-13-11-5(4-8)6(12)10-7-9-2-3-14-7/h2-3H,1H3,(H,9,10,12). The van der Waals surface area contributed by atoms with Crippen LogP contribution in [-0.2, 0) is 9.63 Å². The number of oxime groups is 1. The Bertz CT molecular complexity index is 379. The van der Waals surface area contributed by atoms with Gasteiger partial charge in [0.05, 0.1) is 0 Å². The van der Waals surface area contributed by atoms with Crippen molar-refractivity contribution in [1.82, 2.24) is 4.98 Å². The molecule has 14 heavy (non-hydrogen) atoms. The molecule has 0 aliphatic heterocycles. The topological polar surface area (TPSA) is 87.4 Å². The summed E-state index contributed by atoms with van der Waals surface area (Å²) in [7, 11) is 1.26. The first-order valence-electron chi connectivity index (χ1n) is 3.50. The second kappa shape index (κ2) is 4.94. The first kappa shape index (κ1) is 10.1. The molecule has 0 saturated carbocycles. The van der Waals surface area contributed by atoms with Crippen LogP contribution in [0.3, 0.4) is 0 Å². The molecule has 7 heteroatoms. The molecule has 1 rings (SSSR count). The van der Waals surface area contributed by atoms with Crippen LogP contribution < -0.4 is 5.32 Å². The van der Waals surface area contributed by atoms with Gasteiger partial charge in [0.15, 0.2) is 5.13 Å². The number of anilines is 1. The number of carbonyl (C=O) groups is 1. The van der Waals surface area contributed by atoms with Crippen LogP contribution in [0, 0.1) is 11.3 Å². The molecule has 6 nitrogen and oxygen atoms in total. The predicted molar refractivity (Wildman–Crippen MR) is 50.8 cm³/mol. The van der Waals surface area contributed by atoms with Crippen molar-refractivity contribution in [2.45, 2.75) is 0 Å². The van der Waals surface area contributed by atoms with E-state index in [1.54, 1.807) is 17.6 Å². The molecule has 0 aliphatic rings. The largest absolute Gasteiger partial charge is 0.398 e. The average molecular weight is 210 g/mol. The highest BCUT2D eigenvalue weighted by Gasteiger charge is 2.12. The third-order valence-electron chi connectivity index (χ3n) is 1.16. The zero-order valence-corrected chi connectivity index (χ0v) is 8.04. The van der Waals surface area contributed by atoms with Gasteiger partial charge in [-0.05, 0) is 0 Å². The minimum absolute atomic E-state index is 0.345. The Morgan fingerprint density at radius 1 is 1.86 bits per heavy atom. The number of nitrogens with one attached hydrogen (secondary N) is 1. The molecule has 0 unspecified atom stereocenters. The van der Waals surface area contributed by atoms with Crippen LogP contribution >= 0.6 is 11.3 Å². The van der Waals surface area contributed by atoms with E-state index in [9.17, 15) is 4.79 Å². The molecule has 1 aromatic rings. The predicted octanol–water partition coefficient (Wildman–Crippen LogP) is 0.608. The summed E-state index contributed by atoms with van der Waals surface area (Å²) in [6.45, 7) is 0. The Hall–Kier alpha value is -1.94. The van der Waals surface area contributed by atoms with Gasteiger partial charge in [-0.15, -0.1) is 11.3 Å². The SMILES string of the molecule is CON=C(C#N)C(=O)Nc1nccs1. The lowest BCUT2D eigenvalue weighted by molar-refractivity contribution is -0.110. The number of nitriles is 1. The van der Waals surface area contributed by atoms with E-state index >= 15 is 0 Å². The van der Waals surface area contributed by atoms with Crippen molar-refractivity contribution in [2.75, 3.05) is 12.4 Å². The van der Waals surface area contributed by atoms with Crippen molar-refractivity contribution in [3.8, 4) is 6.07 Å². The van der Waals surface area contributed by atoms with Crippen molar-refractivity contribution >= 4 is 28.1 Å². The number of hydrogen-bond donors (Lipinski definition) is 1. The highest BCUT2D eigenvalue weighted by molar-refractivity contribution is 7.13. The fourth-order valence-corrected chi connectivity index (χ4v) is 1.17. The molecule has 72 valence electrons. The minimum Gasteiger partial charge on any atom is -0.398 e. The number of rotatable bonds is 3. The van der Waals surface area contributed by atoms with Crippen molar-refractivity contribution in [2.24, 2.45) is 5.16 Å². The van der Waals surface area contributed by atoms with Gasteiger partial charge in [-0.25, -0.2) is 4.98 Å². The van der Waals surface area contributed by atoms with E-state index in [0.717, 1.165) is 0 Å². The van der Waals surface area contributed by atoms with E-state index in [2.05, 4.69) is 20.3 Å². The second-order valence-electron chi connectivity index (χ2n) is 2.03. The lowest BCUT2D eigenvalue weighted by Crippen LogP contribution is -2.21. The Labute approximate surface area is 83.8 Å². The van der Waals surface area contributed by atoms with Gasteiger partial charge < -0.3 is 4.84 Å². The fourth-order valence-electron chi connectivity index (χ4n) is 0.645. The molecule has 1 N–H and O–H groups in total. The van der Waals surface area contributed by atoms with Gasteiger partial charge >= 0.3 is 0 Å². The van der Waals surface area contributed by atoms with Crippen LogP contribution in [-0.4, -0.2) is 23.7 Å². The minimum atomic E-state index is -0.635. The van der Waals surface area contributed by atoms with E-state index in [1.165, 1.54) is 18.4 Å². The molecule has 0 aromatic carbocycles. The quantitative estimate of drug-likeness (QED) is 0.584. The van der Waals surface area contributed by atoms with Crippen LogP contribution in [0.15, 0.2) is 16.7 Å². The molecule has 0 bridgehead atoms. The normalized spacial score (nSPS) is 10.4. The van der Waals surface area contributed by atoms with Gasteiger partial charge in [-0.2, -0.15) is 5.26 Å². The maximum Gasteiger partial charge on any atom is 0.290 e. The van der Waals surface area contributed by atoms with E-state index in [-0.39, 0.29) is 5.71 Å². The van der Waals surface area contributed by atoms with Gasteiger partial charge in [0, 0.05) is 11.6 Å². The van der Waals surface area contributed by atoms with Gasteiger partial charge in [0.1, 0.15) is 13.2 Å². The molecular formula is C7H6N4O2S. The number of thiazole rings is 1. The van der Waals surface area contributed by atoms with Crippen molar-refractivity contribution in [3.63, 3.8) is 0 Å². The highest BCUT2D eigenvalue weighted by Crippen LogP contribution is 2.09. The fraction of sp³-hybridized carbons (Fsp3) is 0.143. The first-order valence-corrected chi connectivity index (χ1v) is 4.38. The zero-order chi connectivity index (χ0) is 10.4. The number of nitrogens with zero attached hydrogens (tertiary/aromatic N) is 3. The first-order chi connectivity index (χ1) is 6.77. The lowest BCUT2D eigenvalue weighted by Gasteiger charge is -1.96. The van der Waals surface area contributed by atoms with Gasteiger partial charge in [-0.3, -0.25) is 10.1 Å². The van der Waals surface area contributed by atoms with E-state index in [4.69, 9.17) is 5.26 Å². The summed E-state index contributed by atoms with van der Waals surface area (Å²) in [5.74, 6) is -0.635. The van der Waals surface area contributed by atoms with Crippen LogP contribution in [0.25, 0.3) is 0 Å². The Morgan fingerprint density at radius 3 is 3.14 bits per heavy atom. The Kier molecular flexibility index (Phi) is 3.58. The Morgan fingerprint density at radius 2 is 2.64 bits per heavy atom. The second-order valence-corrected chi connectivity index (χ2v) is 2.92. The summed E-state index contributed by atoms with van der Waals surface area (Å²) in [6.07, 6.45) is 1.54. The van der Waals surface area contributed by atoms with E-state index in [1.807, 2.05) is 0 Å². The van der Waals surface area contributed by atoms with Crippen molar-refractivity contribution < 1.29 is 9.63 Å². The summed E-state index contributed by atoms with van der Waals surface area (Å²) >= 11 is 1.25. The molecule has 0 aliphatic carbocycles. The van der Waals surface area contributed by atoms with Crippen LogP contribution in [0.4, 0.5) is 5.13 Å². The van der Waals surface area contributed by atoms with E-state index < -0.39 is 5.91 Å². The molecule has 0 fully saturated rings. The summed E-state index contributed by atoms with van der Waals surface area (Å²) in [4.78, 5) is 19.4. The molecule has 1 aromatic heterocycles. The molecule has 0 spiro atoms. The molecule has 0 saturated heterocycles. The number of carbonyl (C=O) groups excluding carboxylic acids is 1. The number of hydrogen-bond acceptors (Lipinski definition) is 6. The van der Waals surface area contributed by atoms with Gasteiger partial charge in [0.25, 0.3) is 5.91 Å². The Balaban J connectivity index is 2.67.